The zero-order chi connectivity index (χ0) is 19.3. The Morgan fingerprint density at radius 3 is 2.15 bits per heavy atom. The molecule has 0 bridgehead atoms. The van der Waals surface area contributed by atoms with Crippen LogP contribution in [0.25, 0.3) is 0 Å². The van der Waals surface area contributed by atoms with E-state index in [0.29, 0.717) is 19.4 Å². The van der Waals surface area contributed by atoms with Crippen LogP contribution in [0, 0.1) is 0 Å². The van der Waals surface area contributed by atoms with Crippen LogP contribution < -0.4 is 5.32 Å². The summed E-state index contributed by atoms with van der Waals surface area (Å²) in [6.45, 7) is 3.11. The largest absolute Gasteiger partial charge is 0.378 e. The summed E-state index contributed by atoms with van der Waals surface area (Å²) in [5.41, 5.74) is 0. The van der Waals surface area contributed by atoms with Crippen LogP contribution in [-0.4, -0.2) is 62.3 Å². The Morgan fingerprint density at radius 2 is 1.56 bits per heavy atom. The second kappa shape index (κ2) is 13.1. The topological polar surface area (TPSA) is 67.9 Å². The number of nitrogens with zero attached hydrogens (tertiary/aromatic N) is 1. The number of carbonyl (C=O) groups excluding carboxylic acids is 2. The van der Waals surface area contributed by atoms with Gasteiger partial charge < -0.3 is 19.7 Å². The maximum atomic E-state index is 12.2. The number of hydrogen-bond donors (Lipinski definition) is 1. The van der Waals surface area contributed by atoms with Gasteiger partial charge in [-0.2, -0.15) is 0 Å². The molecule has 2 aliphatic rings. The van der Waals surface area contributed by atoms with Crippen LogP contribution in [-0.2, 0) is 19.1 Å². The molecule has 27 heavy (non-hydrogen) atoms. The second-order valence-corrected chi connectivity index (χ2v) is 7.93. The molecule has 0 spiro atoms. The van der Waals surface area contributed by atoms with Crippen molar-refractivity contribution in [2.45, 2.75) is 89.3 Å². The molecule has 2 atom stereocenters. The van der Waals surface area contributed by atoms with E-state index >= 15 is 0 Å². The number of hydrogen-bond acceptors (Lipinski definition) is 4. The van der Waals surface area contributed by atoms with E-state index in [4.69, 9.17) is 9.47 Å². The molecule has 2 aliphatic heterocycles. The summed E-state index contributed by atoms with van der Waals surface area (Å²) in [4.78, 5) is 25.9. The fraction of sp³-hybridized carbons (Fsp3) is 0.905. The fourth-order valence-electron chi connectivity index (χ4n) is 3.75. The molecule has 2 rings (SSSR count). The van der Waals surface area contributed by atoms with Gasteiger partial charge in [0.1, 0.15) is 0 Å². The summed E-state index contributed by atoms with van der Waals surface area (Å²) in [5, 5.41) is 2.98. The minimum Gasteiger partial charge on any atom is -0.378 e. The van der Waals surface area contributed by atoms with Gasteiger partial charge in [-0.15, -0.1) is 0 Å². The monoisotopic (exact) mass is 382 g/mol. The normalized spacial score (nSPS) is 23.0. The number of carbonyl (C=O) groups is 2. The Bertz CT molecular complexity index is 432. The van der Waals surface area contributed by atoms with Gasteiger partial charge in [-0.05, 0) is 64.2 Å². The maximum Gasteiger partial charge on any atom is 0.222 e. The van der Waals surface area contributed by atoms with E-state index in [1.54, 1.807) is 0 Å². The fourth-order valence-corrected chi connectivity index (χ4v) is 3.75. The second-order valence-electron chi connectivity index (χ2n) is 7.93. The summed E-state index contributed by atoms with van der Waals surface area (Å²) in [6.07, 6.45) is 12.0. The van der Waals surface area contributed by atoms with Crippen LogP contribution in [0.3, 0.4) is 0 Å². The molecule has 0 radical (unpaired) electrons. The molecule has 0 aromatic carbocycles. The van der Waals surface area contributed by atoms with Gasteiger partial charge in [-0.25, -0.2) is 0 Å². The van der Waals surface area contributed by atoms with Gasteiger partial charge in [-0.3, -0.25) is 9.59 Å². The lowest BCUT2D eigenvalue weighted by atomic mass is 10.0. The third kappa shape index (κ3) is 9.56. The molecule has 156 valence electrons. The van der Waals surface area contributed by atoms with Gasteiger partial charge in [-0.1, -0.05) is 0 Å². The molecule has 6 nitrogen and oxygen atoms in total. The van der Waals surface area contributed by atoms with Crippen LogP contribution >= 0.6 is 0 Å². The molecular formula is C21H38N2O4. The molecule has 0 aliphatic carbocycles. The summed E-state index contributed by atoms with van der Waals surface area (Å²) >= 11 is 0. The van der Waals surface area contributed by atoms with Crippen molar-refractivity contribution in [1.29, 1.82) is 0 Å². The van der Waals surface area contributed by atoms with Crippen molar-refractivity contribution < 1.29 is 19.1 Å². The van der Waals surface area contributed by atoms with Crippen LogP contribution in [0.15, 0.2) is 0 Å². The SMILES string of the molecule is CN(CCCCNC(=O)CC[C@@H]1CCCCO1)C(=O)CC[C@@H]1CCCCO1. The van der Waals surface area contributed by atoms with Crippen LogP contribution in [0.5, 0.6) is 0 Å². The van der Waals surface area contributed by atoms with Crippen molar-refractivity contribution in [3.05, 3.63) is 0 Å². The van der Waals surface area contributed by atoms with Crippen molar-refractivity contribution in [3.63, 3.8) is 0 Å². The van der Waals surface area contributed by atoms with E-state index in [1.807, 2.05) is 11.9 Å². The highest BCUT2D eigenvalue weighted by Crippen LogP contribution is 2.18. The summed E-state index contributed by atoms with van der Waals surface area (Å²) < 4.78 is 11.3. The van der Waals surface area contributed by atoms with Crippen LogP contribution in [0.4, 0.5) is 0 Å². The number of unbranched alkanes of at least 4 members (excludes halogenated alkanes) is 1. The Kier molecular flexibility index (Phi) is 10.8. The molecule has 0 unspecified atom stereocenters. The Labute approximate surface area is 164 Å². The molecule has 6 heteroatoms. The third-order valence-corrected chi connectivity index (χ3v) is 5.59. The zero-order valence-corrected chi connectivity index (χ0v) is 17.0. The highest BCUT2D eigenvalue weighted by atomic mass is 16.5. The van der Waals surface area contributed by atoms with Gasteiger partial charge in [0.2, 0.25) is 11.8 Å². The lowest BCUT2D eigenvalue weighted by Crippen LogP contribution is -2.30. The third-order valence-electron chi connectivity index (χ3n) is 5.59. The van der Waals surface area contributed by atoms with E-state index in [0.717, 1.165) is 71.1 Å². The molecular weight excluding hydrogens is 344 g/mol. The molecule has 2 fully saturated rings. The predicted octanol–water partition coefficient (Wildman–Crippen LogP) is 3.04. The number of amides is 2. The van der Waals surface area contributed by atoms with Gasteiger partial charge in [0.25, 0.3) is 0 Å². The van der Waals surface area contributed by atoms with Crippen molar-refractivity contribution in [3.8, 4) is 0 Å². The smallest absolute Gasteiger partial charge is 0.222 e. The van der Waals surface area contributed by atoms with Gasteiger partial charge in [0.05, 0.1) is 12.2 Å². The molecule has 1 N–H and O–H groups in total. The maximum absolute atomic E-state index is 12.2. The van der Waals surface area contributed by atoms with E-state index in [-0.39, 0.29) is 24.0 Å². The lowest BCUT2D eigenvalue weighted by molar-refractivity contribution is -0.131. The number of ether oxygens (including phenoxy) is 2. The van der Waals surface area contributed by atoms with Gasteiger partial charge in [0, 0.05) is 46.2 Å². The van der Waals surface area contributed by atoms with Crippen LogP contribution in [0.2, 0.25) is 0 Å². The zero-order valence-electron chi connectivity index (χ0n) is 17.0. The molecule has 2 amide bonds. The van der Waals surface area contributed by atoms with Crippen molar-refractivity contribution >= 4 is 11.8 Å². The van der Waals surface area contributed by atoms with E-state index in [9.17, 15) is 9.59 Å². The first-order chi connectivity index (χ1) is 13.1. The predicted molar refractivity (Wildman–Crippen MR) is 106 cm³/mol. The molecule has 2 heterocycles. The summed E-state index contributed by atoms with van der Waals surface area (Å²) in [7, 11) is 1.87. The minimum absolute atomic E-state index is 0.112. The van der Waals surface area contributed by atoms with Crippen molar-refractivity contribution in [1.82, 2.24) is 10.2 Å². The lowest BCUT2D eigenvalue weighted by Gasteiger charge is -2.23. The highest BCUT2D eigenvalue weighted by molar-refractivity contribution is 5.76. The first kappa shape index (κ1) is 22.2. The summed E-state index contributed by atoms with van der Waals surface area (Å²) in [5.74, 6) is 0.307. The van der Waals surface area contributed by atoms with Crippen molar-refractivity contribution in [2.75, 3.05) is 33.4 Å². The number of nitrogens with one attached hydrogen (secondary N) is 1. The van der Waals surface area contributed by atoms with Crippen molar-refractivity contribution in [2.24, 2.45) is 0 Å². The Hall–Kier alpha value is -1.14. The quantitative estimate of drug-likeness (QED) is 0.558. The first-order valence-corrected chi connectivity index (χ1v) is 10.9. The van der Waals surface area contributed by atoms with E-state index in [1.165, 1.54) is 12.8 Å². The standard InChI is InChI=1S/C21H38N2O4/c1-23(21(25)13-11-19-9-3-7-17-27-19)15-5-4-14-22-20(24)12-10-18-8-2-6-16-26-18/h18-19H,2-17H2,1H3,(H,22,24)/t18-,19-/m0/s1. The summed E-state index contributed by atoms with van der Waals surface area (Å²) in [6, 6.07) is 0. The molecule has 0 aromatic heterocycles. The molecule has 0 aromatic rings. The van der Waals surface area contributed by atoms with Crippen LogP contribution in [0.1, 0.15) is 77.0 Å². The molecule has 0 saturated carbocycles. The van der Waals surface area contributed by atoms with E-state index < -0.39 is 0 Å². The minimum atomic E-state index is 0.112. The average Bonchev–Trinajstić information content (AvgIpc) is 2.71. The highest BCUT2D eigenvalue weighted by Gasteiger charge is 2.17. The Morgan fingerprint density at radius 1 is 0.926 bits per heavy atom. The Balaban J connectivity index is 1.44. The average molecular weight is 383 g/mol. The molecule has 2 saturated heterocycles. The van der Waals surface area contributed by atoms with Gasteiger partial charge >= 0.3 is 0 Å². The number of rotatable bonds is 11. The first-order valence-electron chi connectivity index (χ1n) is 10.9. The van der Waals surface area contributed by atoms with Gasteiger partial charge in [0.15, 0.2) is 0 Å². The van der Waals surface area contributed by atoms with E-state index in [2.05, 4.69) is 5.32 Å².